The van der Waals surface area contributed by atoms with Gasteiger partial charge in [-0.1, -0.05) is 12.1 Å². The van der Waals surface area contributed by atoms with Gasteiger partial charge in [-0.05, 0) is 63.6 Å². The van der Waals surface area contributed by atoms with Crippen LogP contribution in [-0.2, 0) is 0 Å². The van der Waals surface area contributed by atoms with E-state index in [9.17, 15) is 14.3 Å². The third-order valence-corrected chi connectivity index (χ3v) is 4.97. The molecule has 1 fully saturated rings. The van der Waals surface area contributed by atoms with Crippen LogP contribution < -0.4 is 0 Å². The van der Waals surface area contributed by atoms with Crippen LogP contribution in [0.25, 0.3) is 11.3 Å². The van der Waals surface area contributed by atoms with Crippen LogP contribution in [0.1, 0.15) is 49.2 Å². The summed E-state index contributed by atoms with van der Waals surface area (Å²) in [5.74, 6) is 0.0669. The molecule has 1 aliphatic heterocycles. The van der Waals surface area contributed by atoms with E-state index in [2.05, 4.69) is 10.2 Å². The Morgan fingerprint density at radius 1 is 1.35 bits per heavy atom. The molecule has 0 radical (unpaired) electrons. The van der Waals surface area contributed by atoms with Gasteiger partial charge in [0.1, 0.15) is 11.5 Å². The highest BCUT2D eigenvalue weighted by atomic mass is 19.1. The van der Waals surface area contributed by atoms with Crippen molar-refractivity contribution in [2.75, 3.05) is 13.1 Å². The Labute approximate surface area is 153 Å². The maximum atomic E-state index is 13.7. The highest BCUT2D eigenvalue weighted by Gasteiger charge is 2.28. The zero-order valence-electron chi connectivity index (χ0n) is 15.6. The van der Waals surface area contributed by atoms with Gasteiger partial charge in [0.05, 0.1) is 11.3 Å². The molecule has 2 N–H and O–H groups in total. The fourth-order valence-electron chi connectivity index (χ4n) is 3.55. The summed E-state index contributed by atoms with van der Waals surface area (Å²) in [5, 5.41) is 16.9. The van der Waals surface area contributed by atoms with E-state index in [0.717, 1.165) is 19.3 Å². The molecule has 1 aromatic heterocycles. The van der Waals surface area contributed by atoms with Crippen molar-refractivity contribution in [3.8, 4) is 11.3 Å². The number of amides is 1. The Kier molecular flexibility index (Phi) is 5.14. The van der Waals surface area contributed by atoms with Crippen molar-refractivity contribution in [1.29, 1.82) is 0 Å². The molecular weight excluding hydrogens is 333 g/mol. The first-order valence-corrected chi connectivity index (χ1v) is 9.06. The number of likely N-dealkylation sites (tertiary alicyclic amines) is 1. The SMILES string of the molecule is Cc1ccc(-c2cc(C(=O)N3CCC(CC(C)(C)O)CC3)[nH]n2)cc1F. The van der Waals surface area contributed by atoms with Crippen LogP contribution in [0.2, 0.25) is 0 Å². The largest absolute Gasteiger partial charge is 0.390 e. The van der Waals surface area contributed by atoms with E-state index in [4.69, 9.17) is 0 Å². The minimum Gasteiger partial charge on any atom is -0.390 e. The molecule has 0 spiro atoms. The minimum atomic E-state index is -0.668. The molecule has 1 saturated heterocycles. The molecule has 0 atom stereocenters. The molecule has 6 heteroatoms. The van der Waals surface area contributed by atoms with E-state index < -0.39 is 5.60 Å². The first-order valence-electron chi connectivity index (χ1n) is 9.06. The zero-order chi connectivity index (χ0) is 18.9. The number of H-pyrrole nitrogens is 1. The van der Waals surface area contributed by atoms with Gasteiger partial charge in [0, 0.05) is 18.7 Å². The number of hydrogen-bond donors (Lipinski definition) is 2. The van der Waals surface area contributed by atoms with E-state index >= 15 is 0 Å². The molecule has 2 aromatic rings. The van der Waals surface area contributed by atoms with Gasteiger partial charge in [0.25, 0.3) is 5.91 Å². The van der Waals surface area contributed by atoms with Crippen molar-refractivity contribution >= 4 is 5.91 Å². The quantitative estimate of drug-likeness (QED) is 0.877. The number of aliphatic hydroxyl groups is 1. The standard InChI is InChI=1S/C20H26FN3O2/c1-13-4-5-15(10-16(13)21)17-11-18(23-22-17)19(25)24-8-6-14(7-9-24)12-20(2,3)26/h4-5,10-11,14,26H,6-9,12H2,1-3H3,(H,22,23). The molecule has 0 saturated carbocycles. The summed E-state index contributed by atoms with van der Waals surface area (Å²) in [6, 6.07) is 6.61. The van der Waals surface area contributed by atoms with Crippen LogP contribution in [0, 0.1) is 18.7 Å². The van der Waals surface area contributed by atoms with Crippen molar-refractivity contribution in [2.45, 2.75) is 45.6 Å². The number of aryl methyl sites for hydroxylation is 1. The molecular formula is C20H26FN3O2. The van der Waals surface area contributed by atoms with Gasteiger partial charge >= 0.3 is 0 Å². The van der Waals surface area contributed by atoms with E-state index in [-0.39, 0.29) is 11.7 Å². The minimum absolute atomic E-state index is 0.0851. The molecule has 0 bridgehead atoms. The second kappa shape index (κ2) is 7.19. The lowest BCUT2D eigenvalue weighted by atomic mass is 9.86. The monoisotopic (exact) mass is 359 g/mol. The highest BCUT2D eigenvalue weighted by molar-refractivity contribution is 5.93. The van der Waals surface area contributed by atoms with E-state index in [0.29, 0.717) is 41.5 Å². The molecule has 0 aliphatic carbocycles. The number of carbonyl (C=O) groups excluding carboxylic acids is 1. The topological polar surface area (TPSA) is 69.2 Å². The third kappa shape index (κ3) is 4.30. The summed E-state index contributed by atoms with van der Waals surface area (Å²) in [6.07, 6.45) is 2.53. The molecule has 1 aliphatic rings. The predicted octanol–water partition coefficient (Wildman–Crippen LogP) is 3.54. The first kappa shape index (κ1) is 18.6. The number of hydrogen-bond acceptors (Lipinski definition) is 3. The molecule has 1 amide bonds. The number of nitrogens with zero attached hydrogens (tertiary/aromatic N) is 2. The Balaban J connectivity index is 1.64. The first-order chi connectivity index (χ1) is 12.2. The lowest BCUT2D eigenvalue weighted by Crippen LogP contribution is -2.40. The smallest absolute Gasteiger partial charge is 0.271 e. The van der Waals surface area contributed by atoms with Crippen molar-refractivity contribution in [2.24, 2.45) is 5.92 Å². The lowest BCUT2D eigenvalue weighted by Gasteiger charge is -2.34. The highest BCUT2D eigenvalue weighted by Crippen LogP contribution is 2.27. The molecule has 0 unspecified atom stereocenters. The Morgan fingerprint density at radius 3 is 2.65 bits per heavy atom. The summed E-state index contributed by atoms with van der Waals surface area (Å²) >= 11 is 0. The number of rotatable bonds is 4. The third-order valence-electron chi connectivity index (χ3n) is 4.97. The van der Waals surface area contributed by atoms with Gasteiger partial charge in [0.2, 0.25) is 0 Å². The Bertz CT molecular complexity index is 787. The molecule has 1 aromatic carbocycles. The van der Waals surface area contributed by atoms with Gasteiger partial charge in [-0.25, -0.2) is 4.39 Å². The van der Waals surface area contributed by atoms with Crippen LogP contribution in [0.3, 0.4) is 0 Å². The number of aromatic nitrogens is 2. The van der Waals surface area contributed by atoms with Crippen molar-refractivity contribution in [3.63, 3.8) is 0 Å². The summed E-state index contributed by atoms with van der Waals surface area (Å²) in [6.45, 7) is 6.70. The van der Waals surface area contributed by atoms with Crippen LogP contribution >= 0.6 is 0 Å². The van der Waals surface area contributed by atoms with Crippen molar-refractivity contribution in [1.82, 2.24) is 15.1 Å². The fourth-order valence-corrected chi connectivity index (χ4v) is 3.55. The average Bonchev–Trinajstić information content (AvgIpc) is 3.06. The second-order valence-corrected chi connectivity index (χ2v) is 7.88. The van der Waals surface area contributed by atoms with E-state index in [1.165, 1.54) is 6.07 Å². The summed E-state index contributed by atoms with van der Waals surface area (Å²) in [7, 11) is 0. The summed E-state index contributed by atoms with van der Waals surface area (Å²) in [4.78, 5) is 14.5. The molecule has 140 valence electrons. The van der Waals surface area contributed by atoms with Gasteiger partial charge < -0.3 is 10.0 Å². The number of nitrogens with one attached hydrogen (secondary N) is 1. The maximum Gasteiger partial charge on any atom is 0.271 e. The van der Waals surface area contributed by atoms with Crippen molar-refractivity contribution in [3.05, 3.63) is 41.3 Å². The maximum absolute atomic E-state index is 13.7. The average molecular weight is 359 g/mol. The summed E-state index contributed by atoms with van der Waals surface area (Å²) in [5.41, 5.74) is 1.53. The Hall–Kier alpha value is -2.21. The van der Waals surface area contributed by atoms with E-state index in [1.807, 2.05) is 18.7 Å². The number of piperidine rings is 1. The van der Waals surface area contributed by atoms with E-state index in [1.54, 1.807) is 25.1 Å². The number of benzene rings is 1. The van der Waals surface area contributed by atoms with Crippen LogP contribution in [-0.4, -0.2) is 44.8 Å². The summed E-state index contributed by atoms with van der Waals surface area (Å²) < 4.78 is 13.7. The van der Waals surface area contributed by atoms with Crippen LogP contribution in [0.5, 0.6) is 0 Å². The second-order valence-electron chi connectivity index (χ2n) is 7.88. The number of carbonyl (C=O) groups is 1. The van der Waals surface area contributed by atoms with Gasteiger partial charge in [0.15, 0.2) is 0 Å². The molecule has 2 heterocycles. The van der Waals surface area contributed by atoms with Crippen LogP contribution in [0.4, 0.5) is 4.39 Å². The number of aromatic amines is 1. The molecule has 5 nitrogen and oxygen atoms in total. The van der Waals surface area contributed by atoms with Gasteiger partial charge in [-0.15, -0.1) is 0 Å². The lowest BCUT2D eigenvalue weighted by molar-refractivity contribution is 0.0357. The molecule has 3 rings (SSSR count). The van der Waals surface area contributed by atoms with Crippen molar-refractivity contribution < 1.29 is 14.3 Å². The normalized spacial score (nSPS) is 16.1. The zero-order valence-corrected chi connectivity index (χ0v) is 15.6. The fraction of sp³-hybridized carbons (Fsp3) is 0.500. The van der Waals surface area contributed by atoms with Crippen LogP contribution in [0.15, 0.2) is 24.3 Å². The number of halogens is 1. The Morgan fingerprint density at radius 2 is 2.04 bits per heavy atom. The predicted molar refractivity (Wildman–Crippen MR) is 98.3 cm³/mol. The molecule has 26 heavy (non-hydrogen) atoms. The van der Waals surface area contributed by atoms with Gasteiger partial charge in [-0.2, -0.15) is 5.10 Å². The van der Waals surface area contributed by atoms with Gasteiger partial charge in [-0.3, -0.25) is 9.89 Å².